The second-order valence-electron chi connectivity index (χ2n) is 6.34. The number of pyridine rings is 1. The van der Waals surface area contributed by atoms with Crippen molar-refractivity contribution in [1.82, 2.24) is 4.57 Å². The van der Waals surface area contributed by atoms with Crippen LogP contribution in [0.25, 0.3) is 16.9 Å². The molecular formula is C23H24N2O3. The SMILES string of the molecule is CCO/N=C(/C)c1c(O)c(CC)c(-c2ccccc2)n(-c2ccccc2)c1=O. The highest BCUT2D eigenvalue weighted by Gasteiger charge is 2.24. The summed E-state index contributed by atoms with van der Waals surface area (Å²) >= 11 is 0. The summed E-state index contributed by atoms with van der Waals surface area (Å²) in [5.41, 5.74) is 3.14. The Balaban J connectivity index is 2.45. The summed E-state index contributed by atoms with van der Waals surface area (Å²) in [5, 5.41) is 15.0. The first-order valence-electron chi connectivity index (χ1n) is 9.38. The zero-order chi connectivity index (χ0) is 20.1. The van der Waals surface area contributed by atoms with Crippen LogP contribution in [0.2, 0.25) is 0 Å². The van der Waals surface area contributed by atoms with Crippen LogP contribution in [0, 0.1) is 0 Å². The second-order valence-corrected chi connectivity index (χ2v) is 6.34. The van der Waals surface area contributed by atoms with Gasteiger partial charge < -0.3 is 9.94 Å². The molecule has 0 unspecified atom stereocenters. The lowest BCUT2D eigenvalue weighted by molar-refractivity contribution is 0.159. The fourth-order valence-corrected chi connectivity index (χ4v) is 3.30. The van der Waals surface area contributed by atoms with Crippen molar-refractivity contribution in [2.75, 3.05) is 6.61 Å². The minimum atomic E-state index is -0.333. The number of oxime groups is 1. The quantitative estimate of drug-likeness (QED) is 0.508. The van der Waals surface area contributed by atoms with Crippen molar-refractivity contribution >= 4 is 5.71 Å². The van der Waals surface area contributed by atoms with Gasteiger partial charge in [-0.3, -0.25) is 9.36 Å². The highest BCUT2D eigenvalue weighted by molar-refractivity contribution is 6.01. The monoisotopic (exact) mass is 376 g/mol. The predicted octanol–water partition coefficient (Wildman–Crippen LogP) is 4.53. The summed E-state index contributed by atoms with van der Waals surface area (Å²) in [6.45, 7) is 5.83. The standard InChI is InChI=1S/C23H24N2O3/c1-4-19-21(17-12-8-6-9-13-17)25(18-14-10-7-11-15-18)23(27)20(22(19)26)16(3)24-28-5-2/h6-15,26H,4-5H2,1-3H3/b24-16-. The summed E-state index contributed by atoms with van der Waals surface area (Å²) in [5.74, 6) is -0.0421. The van der Waals surface area contributed by atoms with Gasteiger partial charge in [-0.2, -0.15) is 0 Å². The molecule has 0 saturated heterocycles. The molecule has 0 spiro atoms. The Morgan fingerprint density at radius 3 is 2.21 bits per heavy atom. The molecule has 0 aliphatic rings. The Labute approximate surface area is 164 Å². The first kappa shape index (κ1) is 19.4. The first-order chi connectivity index (χ1) is 13.6. The van der Waals surface area contributed by atoms with Crippen molar-refractivity contribution in [3.63, 3.8) is 0 Å². The molecule has 0 atom stereocenters. The van der Waals surface area contributed by atoms with E-state index < -0.39 is 0 Å². The molecule has 2 aromatic carbocycles. The maximum atomic E-state index is 13.5. The molecule has 1 N–H and O–H groups in total. The molecule has 5 heteroatoms. The van der Waals surface area contributed by atoms with Gasteiger partial charge in [0, 0.05) is 11.3 Å². The maximum absolute atomic E-state index is 13.5. The number of hydrogen-bond acceptors (Lipinski definition) is 4. The summed E-state index contributed by atoms with van der Waals surface area (Å²) in [6.07, 6.45) is 0.554. The van der Waals surface area contributed by atoms with Gasteiger partial charge in [-0.1, -0.05) is 60.6 Å². The fraction of sp³-hybridized carbons (Fsp3) is 0.217. The maximum Gasteiger partial charge on any atom is 0.268 e. The molecule has 5 nitrogen and oxygen atoms in total. The van der Waals surface area contributed by atoms with Crippen LogP contribution in [-0.4, -0.2) is 22.0 Å². The summed E-state index contributed by atoms with van der Waals surface area (Å²) in [7, 11) is 0. The van der Waals surface area contributed by atoms with Gasteiger partial charge in [-0.15, -0.1) is 0 Å². The second kappa shape index (κ2) is 8.57. The number of para-hydroxylation sites is 1. The third-order valence-electron chi connectivity index (χ3n) is 4.56. The van der Waals surface area contributed by atoms with Crippen LogP contribution in [0.5, 0.6) is 5.75 Å². The molecular weight excluding hydrogens is 352 g/mol. The van der Waals surface area contributed by atoms with Crippen molar-refractivity contribution in [3.8, 4) is 22.7 Å². The Morgan fingerprint density at radius 1 is 1.04 bits per heavy atom. The van der Waals surface area contributed by atoms with E-state index in [4.69, 9.17) is 4.84 Å². The van der Waals surface area contributed by atoms with Gasteiger partial charge in [-0.05, 0) is 38.0 Å². The van der Waals surface area contributed by atoms with E-state index in [1.807, 2.05) is 74.5 Å². The van der Waals surface area contributed by atoms with Crippen molar-refractivity contribution in [1.29, 1.82) is 0 Å². The molecule has 0 bridgehead atoms. The van der Waals surface area contributed by atoms with Gasteiger partial charge in [0.1, 0.15) is 17.9 Å². The van der Waals surface area contributed by atoms with Gasteiger partial charge in [0.05, 0.1) is 11.4 Å². The Hall–Kier alpha value is -3.34. The van der Waals surface area contributed by atoms with E-state index in [-0.39, 0.29) is 16.9 Å². The zero-order valence-corrected chi connectivity index (χ0v) is 16.3. The number of nitrogens with zero attached hydrogens (tertiary/aromatic N) is 2. The molecule has 0 fully saturated rings. The van der Waals surface area contributed by atoms with Crippen LogP contribution < -0.4 is 5.56 Å². The smallest absolute Gasteiger partial charge is 0.268 e. The van der Waals surface area contributed by atoms with E-state index in [9.17, 15) is 9.90 Å². The van der Waals surface area contributed by atoms with Crippen LogP contribution in [0.3, 0.4) is 0 Å². The van der Waals surface area contributed by atoms with E-state index in [0.717, 1.165) is 11.3 Å². The van der Waals surface area contributed by atoms with Crippen LogP contribution in [0.15, 0.2) is 70.6 Å². The molecule has 3 aromatic rings. The van der Waals surface area contributed by atoms with Gasteiger partial charge in [-0.25, -0.2) is 0 Å². The lowest BCUT2D eigenvalue weighted by Crippen LogP contribution is -2.28. The van der Waals surface area contributed by atoms with E-state index >= 15 is 0 Å². The number of benzene rings is 2. The normalized spacial score (nSPS) is 11.5. The van der Waals surface area contributed by atoms with Gasteiger partial charge in [0.15, 0.2) is 0 Å². The topological polar surface area (TPSA) is 63.8 Å². The van der Waals surface area contributed by atoms with E-state index in [1.54, 1.807) is 11.5 Å². The van der Waals surface area contributed by atoms with E-state index in [1.165, 1.54) is 0 Å². The van der Waals surface area contributed by atoms with Gasteiger partial charge in [0.25, 0.3) is 5.56 Å². The van der Waals surface area contributed by atoms with Crippen molar-refractivity contribution in [2.45, 2.75) is 27.2 Å². The molecule has 0 radical (unpaired) electrons. The fourth-order valence-electron chi connectivity index (χ4n) is 3.30. The van der Waals surface area contributed by atoms with E-state index in [2.05, 4.69) is 5.16 Å². The number of rotatable bonds is 6. The lowest BCUT2D eigenvalue weighted by Gasteiger charge is -2.20. The van der Waals surface area contributed by atoms with Crippen molar-refractivity contribution in [3.05, 3.63) is 82.1 Å². The summed E-state index contributed by atoms with van der Waals surface area (Å²) < 4.78 is 1.65. The molecule has 0 saturated carbocycles. The highest BCUT2D eigenvalue weighted by Crippen LogP contribution is 2.33. The Kier molecular flexibility index (Phi) is 5.94. The number of aromatic nitrogens is 1. The summed E-state index contributed by atoms with van der Waals surface area (Å²) in [6, 6.07) is 19.1. The average Bonchev–Trinajstić information content (AvgIpc) is 2.73. The minimum absolute atomic E-state index is 0.0421. The largest absolute Gasteiger partial charge is 0.507 e. The third-order valence-corrected chi connectivity index (χ3v) is 4.56. The molecule has 1 heterocycles. The Morgan fingerprint density at radius 2 is 1.64 bits per heavy atom. The van der Waals surface area contributed by atoms with Gasteiger partial charge in [0.2, 0.25) is 0 Å². The molecule has 3 rings (SSSR count). The average molecular weight is 376 g/mol. The minimum Gasteiger partial charge on any atom is -0.507 e. The van der Waals surface area contributed by atoms with Crippen molar-refractivity contribution in [2.24, 2.45) is 5.16 Å². The van der Waals surface area contributed by atoms with Gasteiger partial charge >= 0.3 is 0 Å². The van der Waals surface area contributed by atoms with Crippen LogP contribution in [-0.2, 0) is 11.3 Å². The molecule has 144 valence electrons. The number of aromatic hydroxyl groups is 1. The third kappa shape index (κ3) is 3.56. The molecule has 0 aliphatic carbocycles. The number of hydrogen-bond donors (Lipinski definition) is 1. The predicted molar refractivity (Wildman–Crippen MR) is 112 cm³/mol. The lowest BCUT2D eigenvalue weighted by atomic mass is 9.98. The van der Waals surface area contributed by atoms with Crippen LogP contribution >= 0.6 is 0 Å². The van der Waals surface area contributed by atoms with Crippen LogP contribution in [0.1, 0.15) is 31.9 Å². The molecule has 0 amide bonds. The Bertz CT molecular complexity index is 1040. The van der Waals surface area contributed by atoms with Crippen molar-refractivity contribution < 1.29 is 9.94 Å². The highest BCUT2D eigenvalue weighted by atomic mass is 16.6. The zero-order valence-electron chi connectivity index (χ0n) is 16.3. The molecule has 1 aromatic heterocycles. The molecule has 28 heavy (non-hydrogen) atoms. The molecule has 0 aliphatic heterocycles. The summed E-state index contributed by atoms with van der Waals surface area (Å²) in [4.78, 5) is 18.6. The van der Waals surface area contributed by atoms with Crippen LogP contribution in [0.4, 0.5) is 0 Å². The first-order valence-corrected chi connectivity index (χ1v) is 9.38. The van der Waals surface area contributed by atoms with E-state index in [0.29, 0.717) is 30.0 Å².